The third-order valence-electron chi connectivity index (χ3n) is 5.49. The van der Waals surface area contributed by atoms with Crippen LogP contribution in [-0.4, -0.2) is 29.6 Å². The van der Waals surface area contributed by atoms with E-state index in [0.717, 1.165) is 33.8 Å². The van der Waals surface area contributed by atoms with Crippen LogP contribution in [0.5, 0.6) is 5.75 Å². The summed E-state index contributed by atoms with van der Waals surface area (Å²) in [6, 6.07) is 13.8. The zero-order chi connectivity index (χ0) is 23.0. The van der Waals surface area contributed by atoms with Gasteiger partial charge in [-0.15, -0.1) is 0 Å². The number of ether oxygens (including phenoxy) is 1. The molecule has 2 heterocycles. The van der Waals surface area contributed by atoms with Gasteiger partial charge in [0.05, 0.1) is 17.1 Å². The normalized spacial score (nSPS) is 11.7. The minimum absolute atomic E-state index is 0.000304. The molecular formula is C24H28N6O2. The van der Waals surface area contributed by atoms with E-state index in [1.165, 1.54) is 9.36 Å². The smallest absolute Gasteiger partial charge is 0.368 e. The van der Waals surface area contributed by atoms with Gasteiger partial charge in [-0.3, -0.25) is 0 Å². The van der Waals surface area contributed by atoms with E-state index in [1.807, 2.05) is 61.1 Å². The molecule has 0 aliphatic rings. The maximum Gasteiger partial charge on any atom is 0.368 e. The van der Waals surface area contributed by atoms with Crippen LogP contribution in [0.1, 0.15) is 43.2 Å². The molecule has 4 rings (SSSR count). The van der Waals surface area contributed by atoms with Crippen molar-refractivity contribution in [3.05, 3.63) is 81.5 Å². The highest BCUT2D eigenvalue weighted by Gasteiger charge is 2.18. The van der Waals surface area contributed by atoms with Crippen LogP contribution in [0.3, 0.4) is 0 Å². The molecule has 8 nitrogen and oxygen atoms in total. The fourth-order valence-corrected chi connectivity index (χ4v) is 3.49. The van der Waals surface area contributed by atoms with E-state index in [1.54, 1.807) is 7.05 Å². The minimum Gasteiger partial charge on any atom is -0.489 e. The SMILES string of the molecule is Cc1cc(-n2ccc(C(C)(C)C)n2)ccc1OCc1c(C)cccc1-n1nnn(C)c1=O. The van der Waals surface area contributed by atoms with Gasteiger partial charge in [-0.05, 0) is 65.7 Å². The summed E-state index contributed by atoms with van der Waals surface area (Å²) in [6.45, 7) is 10.8. The van der Waals surface area contributed by atoms with Crippen LogP contribution in [0.4, 0.5) is 0 Å². The third kappa shape index (κ3) is 4.08. The van der Waals surface area contributed by atoms with Crippen molar-refractivity contribution >= 4 is 0 Å². The summed E-state index contributed by atoms with van der Waals surface area (Å²) in [5.41, 5.74) is 5.30. The summed E-state index contributed by atoms with van der Waals surface area (Å²) in [5, 5.41) is 12.5. The van der Waals surface area contributed by atoms with Gasteiger partial charge in [0, 0.05) is 24.2 Å². The van der Waals surface area contributed by atoms with Gasteiger partial charge in [-0.2, -0.15) is 14.5 Å². The molecular weight excluding hydrogens is 404 g/mol. The van der Waals surface area contributed by atoms with Crippen LogP contribution >= 0.6 is 0 Å². The monoisotopic (exact) mass is 432 g/mol. The predicted molar refractivity (Wildman–Crippen MR) is 123 cm³/mol. The van der Waals surface area contributed by atoms with Crippen molar-refractivity contribution in [1.82, 2.24) is 29.6 Å². The zero-order valence-corrected chi connectivity index (χ0v) is 19.3. The minimum atomic E-state index is -0.300. The first-order valence-electron chi connectivity index (χ1n) is 10.5. The average molecular weight is 433 g/mol. The Bertz CT molecular complexity index is 1320. The molecule has 0 fully saturated rings. The molecule has 166 valence electrons. The Balaban J connectivity index is 1.58. The van der Waals surface area contributed by atoms with E-state index < -0.39 is 0 Å². The van der Waals surface area contributed by atoms with Crippen LogP contribution in [0.25, 0.3) is 11.4 Å². The van der Waals surface area contributed by atoms with Crippen molar-refractivity contribution in [1.29, 1.82) is 0 Å². The molecule has 0 N–H and O–H groups in total. The van der Waals surface area contributed by atoms with Gasteiger partial charge in [-0.1, -0.05) is 32.9 Å². The molecule has 0 radical (unpaired) electrons. The van der Waals surface area contributed by atoms with E-state index in [9.17, 15) is 4.79 Å². The van der Waals surface area contributed by atoms with Crippen molar-refractivity contribution in [2.45, 2.75) is 46.6 Å². The Hall–Kier alpha value is -3.68. The van der Waals surface area contributed by atoms with Crippen LogP contribution in [-0.2, 0) is 19.1 Å². The van der Waals surface area contributed by atoms with Crippen LogP contribution in [0.15, 0.2) is 53.5 Å². The Morgan fingerprint density at radius 3 is 2.41 bits per heavy atom. The van der Waals surface area contributed by atoms with Gasteiger partial charge in [0.15, 0.2) is 0 Å². The Labute approximate surface area is 187 Å². The third-order valence-corrected chi connectivity index (χ3v) is 5.49. The van der Waals surface area contributed by atoms with Gasteiger partial charge in [0.2, 0.25) is 0 Å². The van der Waals surface area contributed by atoms with Crippen LogP contribution in [0.2, 0.25) is 0 Å². The van der Waals surface area contributed by atoms with Gasteiger partial charge < -0.3 is 4.74 Å². The highest BCUT2D eigenvalue weighted by molar-refractivity contribution is 5.46. The van der Waals surface area contributed by atoms with Gasteiger partial charge >= 0.3 is 5.69 Å². The molecule has 0 saturated carbocycles. The number of aromatic nitrogens is 6. The standard InChI is InChI=1S/C24H28N6O2/c1-16-8-7-9-20(30-23(31)28(6)26-27-30)19(16)15-32-21-11-10-18(14-17(21)2)29-13-12-22(25-29)24(3,4)5/h7-14H,15H2,1-6H3. The molecule has 2 aromatic carbocycles. The highest BCUT2D eigenvalue weighted by atomic mass is 16.5. The van der Waals surface area contributed by atoms with E-state index in [-0.39, 0.29) is 11.1 Å². The first-order chi connectivity index (χ1) is 15.1. The number of rotatable bonds is 5. The van der Waals surface area contributed by atoms with Crippen molar-refractivity contribution in [2.75, 3.05) is 0 Å². The van der Waals surface area contributed by atoms with Gasteiger partial charge in [0.1, 0.15) is 12.4 Å². The highest BCUT2D eigenvalue weighted by Crippen LogP contribution is 2.26. The van der Waals surface area contributed by atoms with E-state index in [2.05, 4.69) is 37.3 Å². The fourth-order valence-electron chi connectivity index (χ4n) is 3.49. The molecule has 32 heavy (non-hydrogen) atoms. The lowest BCUT2D eigenvalue weighted by molar-refractivity contribution is 0.302. The second-order valence-corrected chi connectivity index (χ2v) is 9.00. The zero-order valence-electron chi connectivity index (χ0n) is 19.3. The summed E-state index contributed by atoms with van der Waals surface area (Å²) in [5.74, 6) is 0.776. The number of aryl methyl sites for hydroxylation is 3. The lowest BCUT2D eigenvalue weighted by Gasteiger charge is -2.15. The average Bonchev–Trinajstić information content (AvgIpc) is 3.36. The van der Waals surface area contributed by atoms with Crippen molar-refractivity contribution < 1.29 is 4.74 Å². The first kappa shape index (κ1) is 21.5. The lowest BCUT2D eigenvalue weighted by Crippen LogP contribution is -2.23. The molecule has 0 atom stereocenters. The van der Waals surface area contributed by atoms with Gasteiger partial charge in [0.25, 0.3) is 0 Å². The predicted octanol–water partition coefficient (Wildman–Crippen LogP) is 3.65. The summed E-state index contributed by atoms with van der Waals surface area (Å²) < 4.78 is 10.6. The Kier molecular flexibility index (Phi) is 5.46. The molecule has 2 aromatic heterocycles. The first-order valence-corrected chi connectivity index (χ1v) is 10.5. The maximum absolute atomic E-state index is 12.3. The molecule has 0 saturated heterocycles. The van der Waals surface area contributed by atoms with E-state index >= 15 is 0 Å². The largest absolute Gasteiger partial charge is 0.489 e. The summed E-state index contributed by atoms with van der Waals surface area (Å²) >= 11 is 0. The number of tetrazole rings is 1. The number of hydrogen-bond donors (Lipinski definition) is 0. The lowest BCUT2D eigenvalue weighted by atomic mass is 9.93. The molecule has 0 spiro atoms. The quantitative estimate of drug-likeness (QED) is 0.481. The number of hydrogen-bond acceptors (Lipinski definition) is 5. The molecule has 4 aromatic rings. The molecule has 0 unspecified atom stereocenters. The van der Waals surface area contributed by atoms with Crippen LogP contribution in [0, 0.1) is 13.8 Å². The summed E-state index contributed by atoms with van der Waals surface area (Å²) in [7, 11) is 1.58. The van der Waals surface area contributed by atoms with E-state index in [0.29, 0.717) is 12.3 Å². The second-order valence-electron chi connectivity index (χ2n) is 9.00. The topological polar surface area (TPSA) is 79.8 Å². The van der Waals surface area contributed by atoms with Crippen molar-refractivity contribution in [3.8, 4) is 17.1 Å². The molecule has 0 amide bonds. The van der Waals surface area contributed by atoms with Crippen LogP contribution < -0.4 is 10.4 Å². The summed E-state index contributed by atoms with van der Waals surface area (Å²) in [6.07, 6.45) is 1.98. The molecule has 8 heteroatoms. The van der Waals surface area contributed by atoms with E-state index in [4.69, 9.17) is 9.84 Å². The fraction of sp³-hybridized carbons (Fsp3) is 0.333. The van der Waals surface area contributed by atoms with Gasteiger partial charge in [-0.25, -0.2) is 9.48 Å². The molecule has 0 aliphatic heterocycles. The Morgan fingerprint density at radius 1 is 1.00 bits per heavy atom. The molecule has 0 aliphatic carbocycles. The summed E-state index contributed by atoms with van der Waals surface area (Å²) in [4.78, 5) is 12.3. The number of benzene rings is 2. The number of nitrogens with zero attached hydrogens (tertiary/aromatic N) is 6. The molecule has 0 bridgehead atoms. The maximum atomic E-state index is 12.3. The second kappa shape index (κ2) is 8.11. The van der Waals surface area contributed by atoms with Crippen molar-refractivity contribution in [2.24, 2.45) is 7.05 Å². The van der Waals surface area contributed by atoms with Crippen molar-refractivity contribution in [3.63, 3.8) is 0 Å². The Morgan fingerprint density at radius 2 is 1.78 bits per heavy atom.